The molecule has 37 heavy (non-hydrogen) atoms. The fourth-order valence-electron chi connectivity index (χ4n) is 11.0. The smallest absolute Gasteiger partial charge is 0.335 e. The summed E-state index contributed by atoms with van der Waals surface area (Å²) in [6, 6.07) is 1.72. The highest BCUT2D eigenvalue weighted by atomic mass is 16.6. The van der Waals surface area contributed by atoms with Crippen LogP contribution in [0.25, 0.3) is 0 Å². The number of methoxy groups -OCH3 is 1. The first kappa shape index (κ1) is 24.1. The summed E-state index contributed by atoms with van der Waals surface area (Å²) in [4.78, 5) is 25.9. The number of ether oxygens (including phenoxy) is 3. The molecular formula is C27H34O10. The highest BCUT2D eigenvalue weighted by molar-refractivity contribution is 5.76. The summed E-state index contributed by atoms with van der Waals surface area (Å²) in [5.41, 5.74) is -7.31. The van der Waals surface area contributed by atoms with E-state index in [0.717, 1.165) is 0 Å². The topological polar surface area (TPSA) is 156 Å². The number of hydrogen-bond donors (Lipinski definition) is 4. The molecule has 0 amide bonds. The van der Waals surface area contributed by atoms with Crippen LogP contribution in [-0.4, -0.2) is 74.6 Å². The maximum atomic E-state index is 13.2. The third-order valence-corrected chi connectivity index (χ3v) is 12.2. The monoisotopic (exact) mass is 518 g/mol. The molecule has 3 heterocycles. The predicted octanol–water partition coefficient (Wildman–Crippen LogP) is 0.854. The van der Waals surface area contributed by atoms with E-state index >= 15 is 0 Å². The molecule has 2 unspecified atom stereocenters. The molecule has 0 radical (unpaired) electrons. The zero-order chi connectivity index (χ0) is 26.6. The fraction of sp³-hybridized carbons (Fsp3) is 0.778. The lowest BCUT2D eigenvalue weighted by molar-refractivity contribution is -0.298. The molecule has 13 atom stereocenters. The Labute approximate surface area is 213 Å². The normalized spacial score (nSPS) is 57.6. The third kappa shape index (κ3) is 2.13. The Morgan fingerprint density at radius 3 is 2.62 bits per heavy atom. The molecule has 2 aliphatic heterocycles. The van der Waals surface area contributed by atoms with Crippen LogP contribution in [0.5, 0.6) is 0 Å². The largest absolute Gasteiger partial charge is 0.472 e. The summed E-state index contributed by atoms with van der Waals surface area (Å²) < 4.78 is 22.8. The zero-order valence-corrected chi connectivity index (χ0v) is 21.3. The van der Waals surface area contributed by atoms with Crippen molar-refractivity contribution in [3.05, 3.63) is 24.2 Å². The summed E-state index contributed by atoms with van der Waals surface area (Å²) in [5.74, 6) is -3.86. The standard InChI is InChI=1S/C27H34O10/c1-22-11-25(32)18-16(19(22)30)37-26-9-14(28)36-20(12-6-8-35-10-12)23(26,2)7-5-13(27(18,26)33)24(25,3)17(22)15(29)21(31)34-4/h6,8,10,13,15-20,29-30,32-33H,5,7,9,11H2,1-4H3/t13?,15-,16+,17-,18?,19+,20-,22-,23-,24+,25-,26+,27-/m0/s1. The number of carbonyl (C=O) groups is 2. The first-order valence-corrected chi connectivity index (χ1v) is 13.1. The van der Waals surface area contributed by atoms with E-state index in [1.54, 1.807) is 13.0 Å². The van der Waals surface area contributed by atoms with E-state index in [1.165, 1.54) is 19.6 Å². The lowest BCUT2D eigenvalue weighted by Crippen LogP contribution is -2.72. The van der Waals surface area contributed by atoms with Gasteiger partial charge >= 0.3 is 11.9 Å². The van der Waals surface area contributed by atoms with Gasteiger partial charge in [0, 0.05) is 33.6 Å². The van der Waals surface area contributed by atoms with Gasteiger partial charge in [-0.15, -0.1) is 0 Å². The summed E-state index contributed by atoms with van der Waals surface area (Å²) in [5, 5.41) is 48.7. The summed E-state index contributed by atoms with van der Waals surface area (Å²) in [6.45, 7) is 5.51. The van der Waals surface area contributed by atoms with Gasteiger partial charge in [-0.1, -0.05) is 20.8 Å². The van der Waals surface area contributed by atoms with E-state index in [9.17, 15) is 30.0 Å². The number of fused-ring (bicyclic) bond motifs is 2. The molecule has 4 N–H and O–H groups in total. The van der Waals surface area contributed by atoms with Crippen LogP contribution in [0.3, 0.4) is 0 Å². The van der Waals surface area contributed by atoms with Gasteiger partial charge in [-0.2, -0.15) is 0 Å². The molecule has 0 aromatic carbocycles. The Kier molecular flexibility index (Phi) is 4.29. The van der Waals surface area contributed by atoms with Crippen molar-refractivity contribution in [1.29, 1.82) is 0 Å². The molecule has 2 bridgehead atoms. The van der Waals surface area contributed by atoms with E-state index in [4.69, 9.17) is 18.6 Å². The number of cyclic esters (lactones) is 1. The van der Waals surface area contributed by atoms with E-state index < -0.39 is 87.2 Å². The zero-order valence-electron chi connectivity index (χ0n) is 21.3. The van der Waals surface area contributed by atoms with Crippen LogP contribution in [0.1, 0.15) is 58.1 Å². The fourth-order valence-corrected chi connectivity index (χ4v) is 11.0. The lowest BCUT2D eigenvalue weighted by Gasteiger charge is -2.63. The van der Waals surface area contributed by atoms with Crippen LogP contribution < -0.4 is 0 Å². The molecule has 10 nitrogen and oxygen atoms in total. The average molecular weight is 519 g/mol. The Morgan fingerprint density at radius 2 is 1.97 bits per heavy atom. The molecule has 6 fully saturated rings. The molecule has 1 aromatic heterocycles. The molecule has 2 saturated heterocycles. The summed E-state index contributed by atoms with van der Waals surface area (Å²) >= 11 is 0. The van der Waals surface area contributed by atoms with Crippen LogP contribution in [0.2, 0.25) is 0 Å². The van der Waals surface area contributed by atoms with Gasteiger partial charge in [0.15, 0.2) is 6.10 Å². The second kappa shape index (κ2) is 6.59. The van der Waals surface area contributed by atoms with E-state index in [2.05, 4.69) is 0 Å². The first-order valence-electron chi connectivity index (χ1n) is 13.1. The van der Waals surface area contributed by atoms with Crippen LogP contribution in [-0.2, 0) is 23.8 Å². The molecule has 4 aliphatic carbocycles. The summed E-state index contributed by atoms with van der Waals surface area (Å²) in [7, 11) is 1.19. The molecule has 202 valence electrons. The van der Waals surface area contributed by atoms with Gasteiger partial charge in [0.25, 0.3) is 0 Å². The average Bonchev–Trinajstić information content (AvgIpc) is 3.52. The minimum atomic E-state index is -1.73. The van der Waals surface area contributed by atoms with Crippen LogP contribution in [0.4, 0.5) is 0 Å². The van der Waals surface area contributed by atoms with Gasteiger partial charge in [0.1, 0.15) is 17.3 Å². The number of aliphatic hydroxyl groups excluding tert-OH is 2. The van der Waals surface area contributed by atoms with Crippen molar-refractivity contribution in [2.75, 3.05) is 7.11 Å². The van der Waals surface area contributed by atoms with Gasteiger partial charge in [-0.05, 0) is 31.2 Å². The molecule has 4 saturated carbocycles. The summed E-state index contributed by atoms with van der Waals surface area (Å²) in [6.07, 6.45) is -0.866. The third-order valence-electron chi connectivity index (χ3n) is 12.2. The van der Waals surface area contributed by atoms with Gasteiger partial charge in [-0.3, -0.25) is 4.79 Å². The van der Waals surface area contributed by atoms with Crippen molar-refractivity contribution < 1.29 is 48.6 Å². The Balaban J connectivity index is 1.49. The van der Waals surface area contributed by atoms with Crippen LogP contribution >= 0.6 is 0 Å². The minimum absolute atomic E-state index is 0.0716. The van der Waals surface area contributed by atoms with Gasteiger partial charge in [0.05, 0.1) is 43.9 Å². The van der Waals surface area contributed by atoms with Crippen molar-refractivity contribution >= 4 is 11.9 Å². The van der Waals surface area contributed by atoms with Crippen LogP contribution in [0, 0.1) is 34.0 Å². The van der Waals surface area contributed by atoms with E-state index in [0.29, 0.717) is 18.4 Å². The SMILES string of the molecule is COC(=O)[C@@H](O)[C@H]1[C@]2(C)C[C@]3(O)C4[C@@H](O[C@]56CC(=O)O[C@@H](c7ccoc7)[C@]5(C)CCC([C@]46O)[C@]13C)[C@H]2O. The van der Waals surface area contributed by atoms with Crippen molar-refractivity contribution in [2.45, 2.75) is 87.7 Å². The first-order chi connectivity index (χ1) is 17.3. The van der Waals surface area contributed by atoms with Gasteiger partial charge < -0.3 is 39.1 Å². The maximum absolute atomic E-state index is 13.2. The highest BCUT2D eigenvalue weighted by Crippen LogP contribution is 2.85. The molecule has 6 aliphatic rings. The number of carbonyl (C=O) groups excluding carboxylic acids is 2. The Morgan fingerprint density at radius 1 is 1.24 bits per heavy atom. The van der Waals surface area contributed by atoms with Crippen molar-refractivity contribution in [2.24, 2.45) is 34.0 Å². The lowest BCUT2D eigenvalue weighted by atomic mass is 9.45. The van der Waals surface area contributed by atoms with Crippen LogP contribution in [0.15, 0.2) is 23.0 Å². The maximum Gasteiger partial charge on any atom is 0.335 e. The molecule has 1 spiro atoms. The number of furan rings is 1. The number of hydrogen-bond acceptors (Lipinski definition) is 10. The quantitative estimate of drug-likeness (QED) is 0.423. The van der Waals surface area contributed by atoms with Crippen molar-refractivity contribution in [3.63, 3.8) is 0 Å². The Hall–Kier alpha value is -1.98. The number of rotatable bonds is 3. The molecule has 10 heteroatoms. The van der Waals surface area contributed by atoms with Gasteiger partial charge in [-0.25, -0.2) is 4.79 Å². The minimum Gasteiger partial charge on any atom is -0.472 e. The molecule has 7 rings (SSSR count). The second-order valence-corrected chi connectivity index (χ2v) is 13.1. The Bertz CT molecular complexity index is 1200. The van der Waals surface area contributed by atoms with E-state index in [-0.39, 0.29) is 12.8 Å². The number of esters is 2. The molecule has 1 aromatic rings. The molecular weight excluding hydrogens is 484 g/mol. The highest BCUT2D eigenvalue weighted by Gasteiger charge is 2.95. The second-order valence-electron chi connectivity index (χ2n) is 13.1. The van der Waals surface area contributed by atoms with E-state index in [1.807, 2.05) is 13.8 Å². The number of aliphatic hydroxyl groups is 4. The van der Waals surface area contributed by atoms with Crippen molar-refractivity contribution in [1.82, 2.24) is 0 Å². The van der Waals surface area contributed by atoms with Crippen molar-refractivity contribution in [3.8, 4) is 0 Å². The predicted molar refractivity (Wildman–Crippen MR) is 122 cm³/mol. The van der Waals surface area contributed by atoms with Gasteiger partial charge in [0.2, 0.25) is 0 Å².